The third-order valence-corrected chi connectivity index (χ3v) is 4.89. The van der Waals surface area contributed by atoms with E-state index in [0.717, 1.165) is 12.0 Å². The molecule has 3 rings (SSSR count). The molecule has 1 unspecified atom stereocenters. The van der Waals surface area contributed by atoms with E-state index in [9.17, 15) is 15.0 Å². The van der Waals surface area contributed by atoms with Gasteiger partial charge >= 0.3 is 0 Å². The van der Waals surface area contributed by atoms with Crippen LogP contribution in [-0.2, 0) is 4.74 Å². The Bertz CT molecular complexity index is 767. The van der Waals surface area contributed by atoms with Crippen molar-refractivity contribution >= 4 is 5.91 Å². The molecule has 1 amide bonds. The first kappa shape index (κ1) is 18.5. The molecule has 0 aromatic heterocycles. The number of phenols is 2. The third kappa shape index (κ3) is 3.61. The smallest absolute Gasteiger partial charge is 0.258 e. The van der Waals surface area contributed by atoms with Crippen LogP contribution in [0, 0.1) is 0 Å². The fraction of sp³-hybridized carbons (Fsp3) is 0.450. The summed E-state index contributed by atoms with van der Waals surface area (Å²) >= 11 is 0. The number of nitrogens with two attached hydrogens (primary N) is 1. The number of phenolic OH excluding ortho intramolecular Hbond substituents is 2. The van der Waals surface area contributed by atoms with Crippen LogP contribution in [0.5, 0.6) is 11.5 Å². The molecule has 6 nitrogen and oxygen atoms in total. The molecule has 26 heavy (non-hydrogen) atoms. The summed E-state index contributed by atoms with van der Waals surface area (Å²) in [4.78, 5) is 14.7. The van der Waals surface area contributed by atoms with Crippen LogP contribution in [0.15, 0.2) is 35.4 Å². The van der Waals surface area contributed by atoms with Crippen molar-refractivity contribution in [2.45, 2.75) is 32.3 Å². The maximum absolute atomic E-state index is 12.9. The number of aromatic hydroxyl groups is 2. The predicted octanol–water partition coefficient (Wildman–Crippen LogP) is 2.28. The Morgan fingerprint density at radius 1 is 1.31 bits per heavy atom. The monoisotopic (exact) mass is 358 g/mol. The Hall–Kier alpha value is -2.31. The number of hydrogen-bond donors (Lipinski definition) is 3. The van der Waals surface area contributed by atoms with E-state index in [1.54, 1.807) is 11.0 Å². The van der Waals surface area contributed by atoms with Gasteiger partial charge in [0.05, 0.1) is 18.3 Å². The average Bonchev–Trinajstić information content (AvgIpc) is 3.02. The van der Waals surface area contributed by atoms with Crippen LogP contribution in [0.2, 0.25) is 0 Å². The topological polar surface area (TPSA) is 96.0 Å². The zero-order valence-corrected chi connectivity index (χ0v) is 15.2. The lowest BCUT2D eigenvalue weighted by molar-refractivity contribution is 0.0782. The van der Waals surface area contributed by atoms with E-state index < -0.39 is 0 Å². The second-order valence-electron chi connectivity index (χ2n) is 7.13. The van der Waals surface area contributed by atoms with Gasteiger partial charge in [0.1, 0.15) is 11.5 Å². The minimum absolute atomic E-state index is 0.00182. The standard InChI is InChI=1S/C20H26N2O4/c1-12(2)16-8-17(19(24)9-18(16)23)20(25)22-10-13-3-4-15(26-6-5-21)7-14(13)11-22/h3-4,8-9,12,15,23-24H,5-7,10-11,21H2,1-2H3. The molecular formula is C20H26N2O4. The summed E-state index contributed by atoms with van der Waals surface area (Å²) in [6.07, 6.45) is 4.79. The molecule has 0 bridgehead atoms. The molecule has 0 saturated carbocycles. The van der Waals surface area contributed by atoms with Crippen LogP contribution in [0.25, 0.3) is 0 Å². The highest BCUT2D eigenvalue weighted by Crippen LogP contribution is 2.35. The van der Waals surface area contributed by atoms with Crippen molar-refractivity contribution in [1.82, 2.24) is 4.90 Å². The van der Waals surface area contributed by atoms with Crippen molar-refractivity contribution in [3.8, 4) is 11.5 Å². The number of hydrogen-bond acceptors (Lipinski definition) is 5. The SMILES string of the molecule is CC(C)c1cc(C(=O)N2CC3=C(CC(OCCN)C=C3)C2)c(O)cc1O. The number of nitrogens with zero attached hydrogens (tertiary/aromatic N) is 1. The van der Waals surface area contributed by atoms with Crippen molar-refractivity contribution in [3.05, 3.63) is 46.6 Å². The summed E-state index contributed by atoms with van der Waals surface area (Å²) in [5, 5.41) is 20.1. The number of benzene rings is 1. The van der Waals surface area contributed by atoms with Crippen molar-refractivity contribution in [2.24, 2.45) is 5.73 Å². The maximum atomic E-state index is 12.9. The molecule has 0 saturated heterocycles. The summed E-state index contributed by atoms with van der Waals surface area (Å²) in [7, 11) is 0. The molecule has 1 aliphatic heterocycles. The highest BCUT2D eigenvalue weighted by atomic mass is 16.5. The number of rotatable bonds is 5. The first-order chi connectivity index (χ1) is 12.4. The fourth-order valence-corrected chi connectivity index (χ4v) is 3.48. The van der Waals surface area contributed by atoms with Gasteiger partial charge in [0.15, 0.2) is 0 Å². The van der Waals surface area contributed by atoms with E-state index in [0.29, 0.717) is 31.8 Å². The van der Waals surface area contributed by atoms with Crippen molar-refractivity contribution in [2.75, 3.05) is 26.2 Å². The van der Waals surface area contributed by atoms with Gasteiger partial charge in [-0.1, -0.05) is 26.0 Å². The summed E-state index contributed by atoms with van der Waals surface area (Å²) in [6, 6.07) is 2.85. The van der Waals surface area contributed by atoms with Gasteiger partial charge in [-0.05, 0) is 28.7 Å². The minimum atomic E-state index is -0.230. The number of ether oxygens (including phenoxy) is 1. The Labute approximate surface area is 153 Å². The van der Waals surface area contributed by atoms with E-state index >= 15 is 0 Å². The second-order valence-corrected chi connectivity index (χ2v) is 7.13. The van der Waals surface area contributed by atoms with Gasteiger partial charge in [0.25, 0.3) is 5.91 Å². The fourth-order valence-electron chi connectivity index (χ4n) is 3.48. The van der Waals surface area contributed by atoms with Crippen LogP contribution in [-0.4, -0.2) is 53.4 Å². The molecule has 1 aromatic carbocycles. The molecule has 1 aromatic rings. The molecule has 0 spiro atoms. The Morgan fingerprint density at radius 2 is 2.08 bits per heavy atom. The Kier molecular flexibility index (Phi) is 5.34. The first-order valence-electron chi connectivity index (χ1n) is 8.96. The van der Waals surface area contributed by atoms with Gasteiger partial charge < -0.3 is 25.6 Å². The zero-order chi connectivity index (χ0) is 18.8. The zero-order valence-electron chi connectivity index (χ0n) is 15.2. The predicted molar refractivity (Wildman–Crippen MR) is 99.3 cm³/mol. The van der Waals surface area contributed by atoms with E-state index in [4.69, 9.17) is 10.5 Å². The second kappa shape index (κ2) is 7.51. The van der Waals surface area contributed by atoms with Crippen LogP contribution >= 0.6 is 0 Å². The minimum Gasteiger partial charge on any atom is -0.508 e. The maximum Gasteiger partial charge on any atom is 0.258 e. The Morgan fingerprint density at radius 3 is 2.77 bits per heavy atom. The number of carbonyl (C=O) groups is 1. The van der Waals surface area contributed by atoms with Crippen LogP contribution in [0.3, 0.4) is 0 Å². The lowest BCUT2D eigenvalue weighted by Crippen LogP contribution is -2.29. The quantitative estimate of drug-likeness (QED) is 0.750. The number of carbonyl (C=O) groups excluding carboxylic acids is 1. The summed E-state index contributed by atoms with van der Waals surface area (Å²) in [5.41, 5.74) is 8.68. The Balaban J connectivity index is 1.74. The van der Waals surface area contributed by atoms with Crippen LogP contribution in [0.4, 0.5) is 0 Å². The van der Waals surface area contributed by atoms with Crippen molar-refractivity contribution < 1.29 is 19.7 Å². The molecule has 6 heteroatoms. The molecular weight excluding hydrogens is 332 g/mol. The molecule has 0 radical (unpaired) electrons. The third-order valence-electron chi connectivity index (χ3n) is 4.89. The lowest BCUT2D eigenvalue weighted by atomic mass is 9.98. The van der Waals surface area contributed by atoms with Gasteiger partial charge in [0, 0.05) is 32.1 Å². The molecule has 2 aliphatic rings. The molecule has 4 N–H and O–H groups in total. The largest absolute Gasteiger partial charge is 0.508 e. The molecule has 1 aliphatic carbocycles. The van der Waals surface area contributed by atoms with Gasteiger partial charge in [0.2, 0.25) is 0 Å². The van der Waals surface area contributed by atoms with Gasteiger partial charge in [-0.2, -0.15) is 0 Å². The highest BCUT2D eigenvalue weighted by Gasteiger charge is 2.30. The molecule has 0 fully saturated rings. The number of amides is 1. The van der Waals surface area contributed by atoms with E-state index in [1.165, 1.54) is 11.6 Å². The van der Waals surface area contributed by atoms with Crippen molar-refractivity contribution in [3.63, 3.8) is 0 Å². The van der Waals surface area contributed by atoms with Crippen LogP contribution in [0.1, 0.15) is 42.1 Å². The van der Waals surface area contributed by atoms with E-state index in [2.05, 4.69) is 0 Å². The normalized spacial score (nSPS) is 19.4. The first-order valence-corrected chi connectivity index (χ1v) is 8.96. The summed E-state index contributed by atoms with van der Waals surface area (Å²) in [6.45, 7) is 5.91. The van der Waals surface area contributed by atoms with Gasteiger partial charge in [-0.25, -0.2) is 0 Å². The molecule has 140 valence electrons. The lowest BCUT2D eigenvalue weighted by Gasteiger charge is -2.20. The van der Waals surface area contributed by atoms with Crippen molar-refractivity contribution in [1.29, 1.82) is 0 Å². The highest BCUT2D eigenvalue weighted by molar-refractivity contribution is 5.98. The molecule has 1 heterocycles. The molecule has 1 atom stereocenters. The summed E-state index contributed by atoms with van der Waals surface area (Å²) < 4.78 is 5.68. The van der Waals surface area contributed by atoms with Gasteiger partial charge in [-0.15, -0.1) is 0 Å². The summed E-state index contributed by atoms with van der Waals surface area (Å²) in [5.74, 6) is -0.362. The van der Waals surface area contributed by atoms with E-state index in [1.807, 2.05) is 26.0 Å². The van der Waals surface area contributed by atoms with Gasteiger partial charge in [-0.3, -0.25) is 4.79 Å². The van der Waals surface area contributed by atoms with E-state index in [-0.39, 0.29) is 35.0 Å². The average molecular weight is 358 g/mol. The van der Waals surface area contributed by atoms with Crippen LogP contribution < -0.4 is 5.73 Å².